The van der Waals surface area contributed by atoms with E-state index in [0.29, 0.717) is 6.04 Å². The van der Waals surface area contributed by atoms with Crippen LogP contribution in [0.15, 0.2) is 30.3 Å². The van der Waals surface area contributed by atoms with Gasteiger partial charge in [0.05, 0.1) is 5.69 Å². The summed E-state index contributed by atoms with van der Waals surface area (Å²) in [5.74, 6) is 0. The van der Waals surface area contributed by atoms with Gasteiger partial charge in [0.1, 0.15) is 0 Å². The number of hydrogen-bond acceptors (Lipinski definition) is 2. The molecule has 2 rings (SSSR count). The van der Waals surface area contributed by atoms with Gasteiger partial charge in [-0.05, 0) is 37.9 Å². The Balaban J connectivity index is 2.09. The number of nitrogens with one attached hydrogen (secondary N) is 1. The average molecular weight is 285 g/mol. The Bertz CT molecular complexity index is 572. The van der Waals surface area contributed by atoms with Gasteiger partial charge in [0.15, 0.2) is 0 Å². The summed E-state index contributed by atoms with van der Waals surface area (Å²) in [6.45, 7) is 7.47. The monoisotopic (exact) mass is 285 g/mol. The smallest absolute Gasteiger partial charge is 0.0624 e. The summed E-state index contributed by atoms with van der Waals surface area (Å²) in [5, 5.41) is 8.16. The summed E-state index contributed by atoms with van der Waals surface area (Å²) >= 11 is 0. The van der Waals surface area contributed by atoms with Crippen molar-refractivity contribution in [2.75, 3.05) is 6.54 Å². The molecular formula is C18H27N3. The Hall–Kier alpha value is -1.61. The first-order valence-electron chi connectivity index (χ1n) is 7.93. The molecule has 21 heavy (non-hydrogen) atoms. The summed E-state index contributed by atoms with van der Waals surface area (Å²) in [4.78, 5) is 0. The average Bonchev–Trinajstić information content (AvgIpc) is 2.80. The fourth-order valence-corrected chi connectivity index (χ4v) is 2.82. The van der Waals surface area contributed by atoms with E-state index < -0.39 is 0 Å². The maximum atomic E-state index is 4.55. The van der Waals surface area contributed by atoms with Crippen LogP contribution in [0.3, 0.4) is 0 Å². The predicted molar refractivity (Wildman–Crippen MR) is 88.6 cm³/mol. The normalized spacial score (nSPS) is 12.6. The maximum absolute atomic E-state index is 4.55. The quantitative estimate of drug-likeness (QED) is 0.847. The van der Waals surface area contributed by atoms with Crippen LogP contribution in [-0.2, 0) is 26.3 Å². The van der Waals surface area contributed by atoms with Crippen LogP contribution in [-0.4, -0.2) is 22.4 Å². The van der Waals surface area contributed by atoms with Crippen LogP contribution in [0.4, 0.5) is 0 Å². The highest BCUT2D eigenvalue weighted by Gasteiger charge is 2.13. The Morgan fingerprint density at radius 2 is 2.00 bits per heavy atom. The molecule has 0 aliphatic heterocycles. The van der Waals surface area contributed by atoms with Crippen molar-refractivity contribution in [2.24, 2.45) is 7.05 Å². The van der Waals surface area contributed by atoms with Gasteiger partial charge in [-0.2, -0.15) is 5.10 Å². The van der Waals surface area contributed by atoms with E-state index >= 15 is 0 Å². The van der Waals surface area contributed by atoms with E-state index in [0.717, 1.165) is 25.8 Å². The SMILES string of the molecule is CCNC(Cc1cccc(C)c1)Cc1cc(CC)nn1C. The summed E-state index contributed by atoms with van der Waals surface area (Å²) < 4.78 is 2.03. The van der Waals surface area contributed by atoms with Gasteiger partial charge in [0, 0.05) is 25.2 Å². The molecule has 0 aliphatic carbocycles. The minimum Gasteiger partial charge on any atom is -0.314 e. The van der Waals surface area contributed by atoms with Gasteiger partial charge in [-0.15, -0.1) is 0 Å². The Morgan fingerprint density at radius 1 is 1.19 bits per heavy atom. The molecule has 1 atom stereocenters. The third kappa shape index (κ3) is 4.43. The Kier molecular flexibility index (Phi) is 5.57. The van der Waals surface area contributed by atoms with E-state index in [4.69, 9.17) is 0 Å². The van der Waals surface area contributed by atoms with Crippen molar-refractivity contribution in [3.8, 4) is 0 Å². The third-order valence-electron chi connectivity index (χ3n) is 3.90. The van der Waals surface area contributed by atoms with E-state index in [1.165, 1.54) is 22.5 Å². The summed E-state index contributed by atoms with van der Waals surface area (Å²) in [6.07, 6.45) is 3.07. The van der Waals surface area contributed by atoms with Gasteiger partial charge < -0.3 is 5.32 Å². The molecule has 1 unspecified atom stereocenters. The van der Waals surface area contributed by atoms with Crippen LogP contribution in [0.1, 0.15) is 36.4 Å². The number of hydrogen-bond donors (Lipinski definition) is 1. The zero-order valence-corrected chi connectivity index (χ0v) is 13.7. The van der Waals surface area contributed by atoms with E-state index in [1.807, 2.05) is 11.7 Å². The molecule has 3 nitrogen and oxygen atoms in total. The Labute approximate surface area is 128 Å². The zero-order chi connectivity index (χ0) is 15.2. The molecule has 0 saturated carbocycles. The lowest BCUT2D eigenvalue weighted by molar-refractivity contribution is 0.504. The number of likely N-dealkylation sites (N-methyl/N-ethyl adjacent to an activating group) is 1. The molecule has 0 spiro atoms. The van der Waals surface area contributed by atoms with Gasteiger partial charge in [-0.1, -0.05) is 43.7 Å². The Morgan fingerprint density at radius 3 is 2.62 bits per heavy atom. The maximum Gasteiger partial charge on any atom is 0.0624 e. The van der Waals surface area contributed by atoms with Gasteiger partial charge in [0.25, 0.3) is 0 Å². The van der Waals surface area contributed by atoms with Gasteiger partial charge >= 0.3 is 0 Å². The van der Waals surface area contributed by atoms with Crippen molar-refractivity contribution in [1.29, 1.82) is 0 Å². The van der Waals surface area contributed by atoms with E-state index in [2.05, 4.69) is 61.5 Å². The molecule has 2 aromatic rings. The van der Waals surface area contributed by atoms with Crippen molar-refractivity contribution in [1.82, 2.24) is 15.1 Å². The summed E-state index contributed by atoms with van der Waals surface area (Å²) in [6, 6.07) is 11.5. The lowest BCUT2D eigenvalue weighted by atomic mass is 10.00. The van der Waals surface area contributed by atoms with Crippen LogP contribution in [0.25, 0.3) is 0 Å². The fraction of sp³-hybridized carbons (Fsp3) is 0.500. The molecule has 0 amide bonds. The molecule has 1 aromatic heterocycles. The fourth-order valence-electron chi connectivity index (χ4n) is 2.82. The second-order valence-electron chi connectivity index (χ2n) is 5.76. The van der Waals surface area contributed by atoms with Gasteiger partial charge in [0.2, 0.25) is 0 Å². The first-order chi connectivity index (χ1) is 10.1. The predicted octanol–water partition coefficient (Wildman–Crippen LogP) is 3.05. The molecule has 0 fully saturated rings. The molecule has 114 valence electrons. The summed E-state index contributed by atoms with van der Waals surface area (Å²) in [5.41, 5.74) is 5.22. The van der Waals surface area contributed by atoms with Crippen LogP contribution in [0.5, 0.6) is 0 Å². The molecule has 0 radical (unpaired) electrons. The van der Waals surface area contributed by atoms with E-state index in [9.17, 15) is 0 Å². The van der Waals surface area contributed by atoms with Crippen LogP contribution < -0.4 is 5.32 Å². The van der Waals surface area contributed by atoms with Gasteiger partial charge in [-0.3, -0.25) is 4.68 Å². The number of rotatable bonds is 7. The number of aryl methyl sites for hydroxylation is 3. The zero-order valence-electron chi connectivity index (χ0n) is 13.7. The molecule has 3 heteroatoms. The third-order valence-corrected chi connectivity index (χ3v) is 3.90. The minimum atomic E-state index is 0.455. The van der Waals surface area contributed by atoms with Crippen LogP contribution in [0.2, 0.25) is 0 Å². The molecule has 1 N–H and O–H groups in total. The molecular weight excluding hydrogens is 258 g/mol. The number of aromatic nitrogens is 2. The number of benzene rings is 1. The van der Waals surface area contributed by atoms with Crippen molar-refractivity contribution in [3.05, 3.63) is 52.8 Å². The molecule has 0 aliphatic rings. The van der Waals surface area contributed by atoms with Crippen molar-refractivity contribution in [2.45, 2.75) is 46.1 Å². The first-order valence-corrected chi connectivity index (χ1v) is 7.93. The molecule has 1 aromatic carbocycles. The topological polar surface area (TPSA) is 29.9 Å². The molecule has 0 saturated heterocycles. The van der Waals surface area contributed by atoms with Gasteiger partial charge in [-0.25, -0.2) is 0 Å². The van der Waals surface area contributed by atoms with Crippen LogP contribution >= 0.6 is 0 Å². The van der Waals surface area contributed by atoms with Crippen molar-refractivity contribution in [3.63, 3.8) is 0 Å². The molecule has 0 bridgehead atoms. The van der Waals surface area contributed by atoms with Crippen molar-refractivity contribution >= 4 is 0 Å². The number of nitrogens with zero attached hydrogens (tertiary/aromatic N) is 2. The lowest BCUT2D eigenvalue weighted by Gasteiger charge is -2.18. The standard InChI is InChI=1S/C18H27N3/c1-5-16-12-18(21(4)20-16)13-17(19-6-2)11-15-9-7-8-14(3)10-15/h7-10,12,17,19H,5-6,11,13H2,1-4H3. The highest BCUT2D eigenvalue weighted by atomic mass is 15.3. The highest BCUT2D eigenvalue weighted by molar-refractivity contribution is 5.23. The first kappa shape index (κ1) is 15.8. The highest BCUT2D eigenvalue weighted by Crippen LogP contribution is 2.12. The van der Waals surface area contributed by atoms with Crippen molar-refractivity contribution < 1.29 is 0 Å². The van der Waals surface area contributed by atoms with Crippen LogP contribution in [0, 0.1) is 6.92 Å². The van der Waals surface area contributed by atoms with E-state index in [-0.39, 0.29) is 0 Å². The lowest BCUT2D eigenvalue weighted by Crippen LogP contribution is -2.33. The summed E-state index contributed by atoms with van der Waals surface area (Å²) in [7, 11) is 2.05. The molecule has 1 heterocycles. The largest absolute Gasteiger partial charge is 0.314 e. The van der Waals surface area contributed by atoms with E-state index in [1.54, 1.807) is 0 Å². The second-order valence-corrected chi connectivity index (χ2v) is 5.76. The second kappa shape index (κ2) is 7.41. The minimum absolute atomic E-state index is 0.455.